The lowest BCUT2D eigenvalue weighted by Gasteiger charge is -2.06. The molecule has 0 bridgehead atoms. The Kier molecular flexibility index (Phi) is 5.59. The zero-order chi connectivity index (χ0) is 23.8. The van der Waals surface area contributed by atoms with Crippen molar-refractivity contribution >= 4 is 40.3 Å². The van der Waals surface area contributed by atoms with Gasteiger partial charge in [-0.15, -0.1) is 0 Å². The summed E-state index contributed by atoms with van der Waals surface area (Å²) >= 11 is 5.95. The first-order chi connectivity index (χ1) is 16.5. The molecular formula is C27H20ClNO5. The van der Waals surface area contributed by atoms with E-state index in [0.717, 1.165) is 28.8 Å². The van der Waals surface area contributed by atoms with Gasteiger partial charge in [-0.3, -0.25) is 4.79 Å². The molecule has 0 N–H and O–H groups in total. The molecule has 170 valence electrons. The van der Waals surface area contributed by atoms with E-state index in [4.69, 9.17) is 25.8 Å². The summed E-state index contributed by atoms with van der Waals surface area (Å²) in [5.74, 6) is 0.752. The van der Waals surface area contributed by atoms with E-state index in [9.17, 15) is 9.59 Å². The van der Waals surface area contributed by atoms with Gasteiger partial charge in [-0.2, -0.15) is 0 Å². The molecule has 3 aromatic carbocycles. The van der Waals surface area contributed by atoms with Crippen molar-refractivity contribution < 1.29 is 23.8 Å². The Hall–Kier alpha value is -4.03. The van der Waals surface area contributed by atoms with Crippen LogP contribution >= 0.6 is 11.6 Å². The molecule has 5 rings (SSSR count). The van der Waals surface area contributed by atoms with Crippen LogP contribution in [-0.4, -0.2) is 23.4 Å². The summed E-state index contributed by atoms with van der Waals surface area (Å²) in [5.41, 5.74) is 2.62. The second kappa shape index (κ2) is 8.72. The van der Waals surface area contributed by atoms with Gasteiger partial charge in [-0.05, 0) is 61.5 Å². The zero-order valence-electron chi connectivity index (χ0n) is 18.5. The number of aryl methyl sites for hydroxylation is 1. The van der Waals surface area contributed by atoms with Gasteiger partial charge in [0.25, 0.3) is 0 Å². The van der Waals surface area contributed by atoms with E-state index in [1.807, 2.05) is 24.4 Å². The SMILES string of the molecule is CCn1cc(/C=C2\Oc3cc(OC(=O)c4cccc(Cl)c4)ccc3C2=O)c2cc(OC)ccc21. The summed E-state index contributed by atoms with van der Waals surface area (Å²) < 4.78 is 18.8. The number of esters is 1. The number of ketones is 1. The zero-order valence-corrected chi connectivity index (χ0v) is 19.3. The Bertz CT molecular complexity index is 1480. The van der Waals surface area contributed by atoms with Crippen molar-refractivity contribution in [2.75, 3.05) is 7.11 Å². The van der Waals surface area contributed by atoms with Crippen LogP contribution in [0.25, 0.3) is 17.0 Å². The quantitative estimate of drug-likeness (QED) is 0.197. The van der Waals surface area contributed by atoms with Crippen LogP contribution < -0.4 is 14.2 Å². The molecule has 0 amide bonds. The van der Waals surface area contributed by atoms with Crippen LogP contribution in [0.15, 0.2) is 72.6 Å². The molecule has 0 radical (unpaired) electrons. The number of Topliss-reactive ketones (excluding diaryl/α,β-unsaturated/α-hetero) is 1. The Morgan fingerprint density at radius 2 is 1.91 bits per heavy atom. The van der Waals surface area contributed by atoms with E-state index < -0.39 is 5.97 Å². The first-order valence-electron chi connectivity index (χ1n) is 10.7. The summed E-state index contributed by atoms with van der Waals surface area (Å²) in [5, 5.41) is 1.39. The molecule has 1 aromatic heterocycles. The highest BCUT2D eigenvalue weighted by atomic mass is 35.5. The maximum Gasteiger partial charge on any atom is 0.343 e. The topological polar surface area (TPSA) is 66.8 Å². The van der Waals surface area contributed by atoms with Crippen molar-refractivity contribution in [3.05, 3.63) is 94.3 Å². The molecule has 4 aromatic rings. The molecule has 0 saturated heterocycles. The first kappa shape index (κ1) is 21.8. The standard InChI is InChI=1S/C27H20ClNO5/c1-3-29-15-17(22-13-19(32-2)8-10-23(22)29)12-25-26(30)21-9-7-20(14-24(21)34-25)33-27(31)16-5-4-6-18(28)11-16/h4-15H,3H2,1-2H3/b25-12-. The minimum atomic E-state index is -0.552. The van der Waals surface area contributed by atoms with Gasteiger partial charge in [-0.1, -0.05) is 17.7 Å². The van der Waals surface area contributed by atoms with Gasteiger partial charge in [0.05, 0.1) is 18.2 Å². The van der Waals surface area contributed by atoms with E-state index in [0.29, 0.717) is 21.9 Å². The molecule has 1 aliphatic rings. The molecule has 6 nitrogen and oxygen atoms in total. The number of rotatable bonds is 5. The highest BCUT2D eigenvalue weighted by Gasteiger charge is 2.28. The predicted molar refractivity (Wildman–Crippen MR) is 130 cm³/mol. The summed E-state index contributed by atoms with van der Waals surface area (Å²) in [6.07, 6.45) is 3.71. The van der Waals surface area contributed by atoms with Crippen LogP contribution in [0.3, 0.4) is 0 Å². The van der Waals surface area contributed by atoms with Gasteiger partial charge in [0, 0.05) is 40.3 Å². The Balaban J connectivity index is 1.44. The minimum absolute atomic E-state index is 0.200. The number of methoxy groups -OCH3 is 1. The normalized spacial score (nSPS) is 13.7. The van der Waals surface area contributed by atoms with Crippen molar-refractivity contribution in [3.8, 4) is 17.2 Å². The molecule has 0 fully saturated rings. The van der Waals surface area contributed by atoms with Crippen molar-refractivity contribution in [1.82, 2.24) is 4.57 Å². The van der Waals surface area contributed by atoms with Crippen LogP contribution in [0, 0.1) is 0 Å². The number of carbonyl (C=O) groups excluding carboxylic acids is 2. The van der Waals surface area contributed by atoms with E-state index in [1.165, 1.54) is 12.1 Å². The Morgan fingerprint density at radius 3 is 2.68 bits per heavy atom. The molecule has 0 unspecified atom stereocenters. The molecular weight excluding hydrogens is 454 g/mol. The number of benzene rings is 3. The van der Waals surface area contributed by atoms with Crippen molar-refractivity contribution in [2.45, 2.75) is 13.5 Å². The van der Waals surface area contributed by atoms with Gasteiger partial charge < -0.3 is 18.8 Å². The fraction of sp³-hybridized carbons (Fsp3) is 0.111. The third-order valence-electron chi connectivity index (χ3n) is 5.66. The average Bonchev–Trinajstić information content (AvgIpc) is 3.35. The van der Waals surface area contributed by atoms with E-state index in [1.54, 1.807) is 43.5 Å². The number of aromatic nitrogens is 1. The van der Waals surface area contributed by atoms with Crippen LogP contribution in [0.1, 0.15) is 33.2 Å². The smallest absolute Gasteiger partial charge is 0.343 e. The van der Waals surface area contributed by atoms with Crippen LogP contribution in [-0.2, 0) is 6.54 Å². The number of hydrogen-bond donors (Lipinski definition) is 0. The Labute approximate surface area is 200 Å². The number of nitrogens with zero attached hydrogens (tertiary/aromatic N) is 1. The minimum Gasteiger partial charge on any atom is -0.497 e. The summed E-state index contributed by atoms with van der Waals surface area (Å²) in [6, 6.07) is 17.0. The molecule has 0 spiro atoms. The van der Waals surface area contributed by atoms with Gasteiger partial charge >= 0.3 is 5.97 Å². The van der Waals surface area contributed by atoms with Crippen molar-refractivity contribution in [2.24, 2.45) is 0 Å². The monoisotopic (exact) mass is 473 g/mol. The maximum atomic E-state index is 13.0. The molecule has 34 heavy (non-hydrogen) atoms. The lowest BCUT2D eigenvalue weighted by molar-refractivity contribution is 0.0734. The second-order valence-corrected chi connectivity index (χ2v) is 8.19. The number of carbonyl (C=O) groups is 2. The molecule has 0 saturated carbocycles. The molecule has 1 aliphatic heterocycles. The van der Waals surface area contributed by atoms with Crippen LogP contribution in [0.2, 0.25) is 5.02 Å². The first-order valence-corrected chi connectivity index (χ1v) is 11.1. The fourth-order valence-electron chi connectivity index (χ4n) is 3.96. The second-order valence-electron chi connectivity index (χ2n) is 7.75. The Morgan fingerprint density at radius 1 is 1.09 bits per heavy atom. The van der Waals surface area contributed by atoms with E-state index in [2.05, 4.69) is 11.5 Å². The molecule has 0 atom stereocenters. The number of halogens is 1. The van der Waals surface area contributed by atoms with Crippen LogP contribution in [0.4, 0.5) is 0 Å². The van der Waals surface area contributed by atoms with Crippen molar-refractivity contribution in [3.63, 3.8) is 0 Å². The molecule has 7 heteroatoms. The number of hydrogen-bond acceptors (Lipinski definition) is 5. The number of allylic oxidation sites excluding steroid dienone is 1. The third kappa shape index (κ3) is 3.93. The highest BCUT2D eigenvalue weighted by molar-refractivity contribution is 6.30. The van der Waals surface area contributed by atoms with Gasteiger partial charge in [0.15, 0.2) is 5.76 Å². The maximum absolute atomic E-state index is 13.0. The predicted octanol–water partition coefficient (Wildman–Crippen LogP) is 6.16. The lowest BCUT2D eigenvalue weighted by atomic mass is 10.1. The van der Waals surface area contributed by atoms with Crippen LogP contribution in [0.5, 0.6) is 17.2 Å². The third-order valence-corrected chi connectivity index (χ3v) is 5.89. The molecule has 0 aliphatic carbocycles. The summed E-state index contributed by atoms with van der Waals surface area (Å²) in [7, 11) is 1.62. The number of fused-ring (bicyclic) bond motifs is 2. The summed E-state index contributed by atoms with van der Waals surface area (Å²) in [4.78, 5) is 25.4. The lowest BCUT2D eigenvalue weighted by Crippen LogP contribution is -2.08. The fourth-order valence-corrected chi connectivity index (χ4v) is 4.15. The highest BCUT2D eigenvalue weighted by Crippen LogP contribution is 2.36. The van der Waals surface area contributed by atoms with E-state index in [-0.39, 0.29) is 17.3 Å². The largest absolute Gasteiger partial charge is 0.497 e. The average molecular weight is 474 g/mol. The molecule has 2 heterocycles. The van der Waals surface area contributed by atoms with Gasteiger partial charge in [-0.25, -0.2) is 4.79 Å². The van der Waals surface area contributed by atoms with Gasteiger partial charge in [0.1, 0.15) is 17.2 Å². The van der Waals surface area contributed by atoms with E-state index >= 15 is 0 Å². The number of ether oxygens (including phenoxy) is 3. The van der Waals surface area contributed by atoms with Crippen molar-refractivity contribution in [1.29, 1.82) is 0 Å². The summed E-state index contributed by atoms with van der Waals surface area (Å²) in [6.45, 7) is 2.84. The van der Waals surface area contributed by atoms with Gasteiger partial charge in [0.2, 0.25) is 5.78 Å².